The third-order valence-electron chi connectivity index (χ3n) is 6.69. The summed E-state index contributed by atoms with van der Waals surface area (Å²) in [6, 6.07) is 10.0. The number of pyridine rings is 1. The van der Waals surface area contributed by atoms with E-state index < -0.39 is 60.2 Å². The number of carbonyl (C=O) groups is 2. The van der Waals surface area contributed by atoms with Gasteiger partial charge in [-0.3, -0.25) is 19.1 Å². The van der Waals surface area contributed by atoms with Crippen LogP contribution >= 0.6 is 0 Å². The van der Waals surface area contributed by atoms with Gasteiger partial charge >= 0.3 is 12.1 Å². The van der Waals surface area contributed by atoms with Gasteiger partial charge in [-0.25, -0.2) is 23.5 Å². The van der Waals surface area contributed by atoms with Crippen molar-refractivity contribution in [1.82, 2.24) is 24.5 Å². The molecule has 3 aromatic heterocycles. The van der Waals surface area contributed by atoms with E-state index in [2.05, 4.69) is 30.6 Å². The number of nitrogens with one attached hydrogen (secondary N) is 2. The minimum Gasteiger partial charge on any atom is -0.475 e. The first kappa shape index (κ1) is 36.0. The molecule has 1 amide bonds. The topological polar surface area (TPSA) is 192 Å². The number of rotatable bonds is 8. The number of aryl methyl sites for hydroxylation is 2. The molecule has 3 heterocycles. The van der Waals surface area contributed by atoms with E-state index in [9.17, 15) is 41.8 Å². The zero-order chi connectivity index (χ0) is 36.0. The van der Waals surface area contributed by atoms with Gasteiger partial charge in [0, 0.05) is 28.9 Å². The molecule has 0 aliphatic rings. The average molecular weight is 688 g/mol. The minimum atomic E-state index is -5.08. The SMILES string of the molecule is Cc1cnc(C(=O)Nc2ccc(C)c(-c3nc(NC(CO)CO)nc4c3ccc(=O)n4-c3c(F)cccc3F)c2)cn1.O=C(O)C(F)(F)F. The van der Waals surface area contributed by atoms with Crippen molar-refractivity contribution in [3.63, 3.8) is 0 Å². The summed E-state index contributed by atoms with van der Waals surface area (Å²) in [5.74, 6) is -5.34. The average Bonchev–Trinajstić information content (AvgIpc) is 3.05. The largest absolute Gasteiger partial charge is 0.490 e. The van der Waals surface area contributed by atoms with Crippen LogP contribution in [0, 0.1) is 25.5 Å². The number of aliphatic carboxylic acids is 1. The summed E-state index contributed by atoms with van der Waals surface area (Å²) < 4.78 is 62.4. The number of carbonyl (C=O) groups excluding carboxylic acids is 1. The summed E-state index contributed by atoms with van der Waals surface area (Å²) in [6.07, 6.45) is -2.25. The van der Waals surface area contributed by atoms with Crippen LogP contribution in [-0.2, 0) is 4.79 Å². The fourth-order valence-electron chi connectivity index (χ4n) is 4.30. The molecule has 18 heteroatoms. The number of benzene rings is 2. The van der Waals surface area contributed by atoms with Gasteiger partial charge in [0.25, 0.3) is 11.5 Å². The number of carboxylic acid groups (broad SMARTS) is 1. The summed E-state index contributed by atoms with van der Waals surface area (Å²) >= 11 is 0. The van der Waals surface area contributed by atoms with E-state index in [0.29, 0.717) is 22.5 Å². The van der Waals surface area contributed by atoms with Crippen LogP contribution < -0.4 is 16.2 Å². The number of alkyl halides is 3. The number of amides is 1. The second-order valence-corrected chi connectivity index (χ2v) is 10.2. The maximum Gasteiger partial charge on any atom is 0.490 e. The van der Waals surface area contributed by atoms with Gasteiger partial charge < -0.3 is 26.0 Å². The highest BCUT2D eigenvalue weighted by Crippen LogP contribution is 2.33. The Bertz CT molecular complexity index is 2050. The second-order valence-electron chi connectivity index (χ2n) is 10.2. The number of fused-ring (bicyclic) bond motifs is 1. The van der Waals surface area contributed by atoms with Gasteiger partial charge in [-0.2, -0.15) is 18.2 Å². The fraction of sp³-hybridized carbons (Fsp3) is 0.194. The lowest BCUT2D eigenvalue weighted by atomic mass is 10.0. The smallest absolute Gasteiger partial charge is 0.475 e. The first-order chi connectivity index (χ1) is 23.1. The summed E-state index contributed by atoms with van der Waals surface area (Å²) in [4.78, 5) is 51.9. The highest BCUT2D eigenvalue weighted by molar-refractivity contribution is 6.03. The Morgan fingerprint density at radius 2 is 1.59 bits per heavy atom. The van der Waals surface area contributed by atoms with Crippen LogP contribution in [0.1, 0.15) is 21.7 Å². The molecule has 5 aromatic rings. The van der Waals surface area contributed by atoms with Crippen LogP contribution in [0.4, 0.5) is 33.6 Å². The van der Waals surface area contributed by atoms with E-state index >= 15 is 0 Å². The van der Waals surface area contributed by atoms with Gasteiger partial charge in [-0.15, -0.1) is 0 Å². The zero-order valence-electron chi connectivity index (χ0n) is 25.5. The molecule has 5 N–H and O–H groups in total. The van der Waals surface area contributed by atoms with Crippen molar-refractivity contribution in [3.05, 3.63) is 99.9 Å². The molecular formula is C31H26F5N7O6. The van der Waals surface area contributed by atoms with E-state index in [-0.39, 0.29) is 28.4 Å². The van der Waals surface area contributed by atoms with Crippen LogP contribution in [-0.4, -0.2) is 77.1 Å². The number of aliphatic hydroxyl groups excluding tert-OH is 2. The molecule has 0 bridgehead atoms. The van der Waals surface area contributed by atoms with Crippen molar-refractivity contribution in [2.75, 3.05) is 23.8 Å². The van der Waals surface area contributed by atoms with Gasteiger partial charge in [0.05, 0.1) is 36.8 Å². The lowest BCUT2D eigenvalue weighted by Gasteiger charge is -2.18. The Morgan fingerprint density at radius 1 is 0.939 bits per heavy atom. The van der Waals surface area contributed by atoms with Crippen molar-refractivity contribution in [2.24, 2.45) is 0 Å². The molecule has 0 saturated heterocycles. The Balaban J connectivity index is 0.000000698. The number of aliphatic hydroxyl groups is 2. The van der Waals surface area contributed by atoms with E-state index in [4.69, 9.17) is 9.90 Å². The van der Waals surface area contributed by atoms with Crippen LogP contribution in [0.2, 0.25) is 0 Å². The molecule has 0 radical (unpaired) electrons. The molecule has 0 aliphatic heterocycles. The highest BCUT2D eigenvalue weighted by Gasteiger charge is 2.38. The monoisotopic (exact) mass is 687 g/mol. The van der Waals surface area contributed by atoms with Crippen LogP contribution in [0.15, 0.2) is 65.7 Å². The summed E-state index contributed by atoms with van der Waals surface area (Å²) in [6.45, 7) is 2.60. The van der Waals surface area contributed by atoms with Gasteiger partial charge in [-0.05, 0) is 49.7 Å². The number of anilines is 2. The molecule has 13 nitrogen and oxygen atoms in total. The van der Waals surface area contributed by atoms with Gasteiger partial charge in [0.1, 0.15) is 23.0 Å². The third-order valence-corrected chi connectivity index (χ3v) is 6.69. The quantitative estimate of drug-likeness (QED) is 0.149. The number of hydrogen-bond acceptors (Lipinski definition) is 10. The molecule has 5 rings (SSSR count). The molecule has 0 unspecified atom stereocenters. The molecule has 0 saturated carbocycles. The number of aromatic nitrogens is 5. The summed E-state index contributed by atoms with van der Waals surface area (Å²) in [7, 11) is 0. The van der Waals surface area contributed by atoms with Crippen LogP contribution in [0.25, 0.3) is 28.0 Å². The molecule has 0 atom stereocenters. The van der Waals surface area contributed by atoms with Crippen molar-refractivity contribution in [1.29, 1.82) is 0 Å². The fourth-order valence-corrected chi connectivity index (χ4v) is 4.30. The Kier molecular flexibility index (Phi) is 10.9. The molecule has 0 aliphatic carbocycles. The van der Waals surface area contributed by atoms with E-state index in [1.54, 1.807) is 32.0 Å². The maximum absolute atomic E-state index is 14.9. The van der Waals surface area contributed by atoms with Gasteiger partial charge in [0.15, 0.2) is 5.65 Å². The molecular weight excluding hydrogens is 661 g/mol. The van der Waals surface area contributed by atoms with Crippen molar-refractivity contribution in [3.8, 4) is 16.9 Å². The van der Waals surface area contributed by atoms with E-state index in [1.807, 2.05) is 0 Å². The molecule has 256 valence electrons. The number of carboxylic acids is 1. The van der Waals surface area contributed by atoms with Crippen molar-refractivity contribution >= 4 is 34.5 Å². The van der Waals surface area contributed by atoms with E-state index in [1.165, 1.54) is 24.5 Å². The lowest BCUT2D eigenvalue weighted by molar-refractivity contribution is -0.192. The highest BCUT2D eigenvalue weighted by atomic mass is 19.4. The summed E-state index contributed by atoms with van der Waals surface area (Å²) in [5, 5.41) is 32.2. The van der Waals surface area contributed by atoms with Crippen molar-refractivity contribution in [2.45, 2.75) is 26.1 Å². The van der Waals surface area contributed by atoms with Gasteiger partial charge in [-0.1, -0.05) is 12.1 Å². The molecule has 2 aromatic carbocycles. The zero-order valence-corrected chi connectivity index (χ0v) is 25.5. The number of para-hydroxylation sites is 1. The molecule has 0 fully saturated rings. The first-order valence-corrected chi connectivity index (χ1v) is 14.0. The normalized spacial score (nSPS) is 11.2. The predicted molar refractivity (Wildman–Crippen MR) is 165 cm³/mol. The lowest BCUT2D eigenvalue weighted by Crippen LogP contribution is -2.29. The Labute approximate surface area is 272 Å². The number of hydrogen-bond donors (Lipinski definition) is 5. The van der Waals surface area contributed by atoms with Crippen LogP contribution in [0.3, 0.4) is 0 Å². The number of halogens is 5. The Morgan fingerprint density at radius 3 is 2.16 bits per heavy atom. The predicted octanol–water partition coefficient (Wildman–Crippen LogP) is 3.78. The first-order valence-electron chi connectivity index (χ1n) is 14.0. The van der Waals surface area contributed by atoms with Gasteiger partial charge in [0.2, 0.25) is 5.95 Å². The Hall–Kier alpha value is -5.88. The van der Waals surface area contributed by atoms with Crippen molar-refractivity contribution < 1.29 is 46.9 Å². The summed E-state index contributed by atoms with van der Waals surface area (Å²) in [5.41, 5.74) is 1.12. The maximum atomic E-state index is 14.9. The third kappa shape index (κ3) is 8.35. The molecule has 0 spiro atoms. The molecule has 49 heavy (non-hydrogen) atoms. The standard InChI is InChI=1S/C29H25F2N7O4.C2HF3O2/c1-15-6-7-17(34-28(42)23-12-32-16(2)11-33-23)10-20(15)25-19-8-9-24(41)38(26-21(30)4-3-5-22(26)31)27(19)37-29(36-25)35-18(13-39)14-40;3-2(4,5)1(6)7/h3-12,18,39-40H,13-14H2,1-2H3,(H,34,42)(H,35,36,37);(H,6,7). The van der Waals surface area contributed by atoms with Crippen LogP contribution in [0.5, 0.6) is 0 Å². The van der Waals surface area contributed by atoms with E-state index in [0.717, 1.165) is 22.8 Å². The minimum absolute atomic E-state index is 0.108. The number of nitrogens with zero attached hydrogens (tertiary/aromatic N) is 5. The second kappa shape index (κ2) is 14.9.